The van der Waals surface area contributed by atoms with Gasteiger partial charge in [-0.3, -0.25) is 9.59 Å². The van der Waals surface area contributed by atoms with E-state index in [4.69, 9.17) is 0 Å². The van der Waals surface area contributed by atoms with E-state index in [-0.39, 0.29) is 10.5 Å². The monoisotopic (exact) mass is 332 g/mol. The summed E-state index contributed by atoms with van der Waals surface area (Å²) in [5.74, 6) is -3.15. The summed E-state index contributed by atoms with van der Waals surface area (Å²) in [6.45, 7) is 1.87. The third-order valence-electron chi connectivity index (χ3n) is 3.49. The van der Waals surface area contributed by atoms with Gasteiger partial charge in [0.2, 0.25) is 0 Å². The number of benzene rings is 2. The van der Waals surface area contributed by atoms with Crippen LogP contribution in [0.1, 0.15) is 27.4 Å². The zero-order chi connectivity index (χ0) is 17.2. The predicted molar refractivity (Wildman–Crippen MR) is 85.4 cm³/mol. The Labute approximate surface area is 134 Å². The second-order valence-corrected chi connectivity index (χ2v) is 7.36. The van der Waals surface area contributed by atoms with E-state index >= 15 is 0 Å². The molecule has 0 aliphatic heterocycles. The lowest BCUT2D eigenvalue weighted by Gasteiger charge is -2.12. The molecule has 0 aliphatic rings. The van der Waals surface area contributed by atoms with Crippen molar-refractivity contribution in [2.45, 2.75) is 17.7 Å². The van der Waals surface area contributed by atoms with Crippen molar-refractivity contribution in [3.63, 3.8) is 0 Å². The molecule has 120 valence electrons. The molecule has 0 heterocycles. The Hall–Kier alpha value is -2.47. The normalized spacial score (nSPS) is 12.6. The molecule has 6 heteroatoms. The maximum absolute atomic E-state index is 12.5. The number of Topliss-reactive ketones (excluding diaryl/α,β-unsaturated/α-hetero) is 1. The number of carboxylic acids is 1. The summed E-state index contributed by atoms with van der Waals surface area (Å²) in [5.41, 5.74) is 1.51. The second-order valence-electron chi connectivity index (χ2n) is 5.34. The molecule has 0 bridgehead atoms. The third kappa shape index (κ3) is 3.84. The van der Waals surface area contributed by atoms with Crippen LogP contribution in [0.25, 0.3) is 0 Å². The number of aliphatic carboxylic acids is 1. The fraction of sp³-hybridized carbons (Fsp3) is 0.176. The van der Waals surface area contributed by atoms with Gasteiger partial charge in [0.15, 0.2) is 15.6 Å². The highest BCUT2D eigenvalue weighted by Gasteiger charge is 2.29. The number of carbonyl (C=O) groups excluding carboxylic acids is 1. The molecule has 0 spiro atoms. The van der Waals surface area contributed by atoms with Crippen molar-refractivity contribution in [2.24, 2.45) is 0 Å². The lowest BCUT2D eigenvalue weighted by Crippen LogP contribution is -2.22. The van der Waals surface area contributed by atoms with Gasteiger partial charge in [-0.05, 0) is 24.6 Å². The molecule has 1 unspecified atom stereocenters. The van der Waals surface area contributed by atoms with Gasteiger partial charge < -0.3 is 5.11 Å². The highest BCUT2D eigenvalue weighted by molar-refractivity contribution is 7.90. The van der Waals surface area contributed by atoms with Gasteiger partial charge in [0.1, 0.15) is 5.92 Å². The summed E-state index contributed by atoms with van der Waals surface area (Å²) in [4.78, 5) is 24.1. The Balaban J connectivity index is 2.39. The van der Waals surface area contributed by atoms with Crippen molar-refractivity contribution in [2.75, 3.05) is 6.26 Å². The van der Waals surface area contributed by atoms with Gasteiger partial charge >= 0.3 is 5.97 Å². The van der Waals surface area contributed by atoms with Crippen LogP contribution in [0.15, 0.2) is 53.4 Å². The highest BCUT2D eigenvalue weighted by Crippen LogP contribution is 2.23. The molecule has 5 nitrogen and oxygen atoms in total. The van der Waals surface area contributed by atoms with Crippen LogP contribution in [-0.4, -0.2) is 31.5 Å². The number of carboxylic acid groups (broad SMARTS) is 1. The zero-order valence-corrected chi connectivity index (χ0v) is 13.5. The Morgan fingerprint density at radius 1 is 0.957 bits per heavy atom. The molecule has 1 N–H and O–H groups in total. The predicted octanol–water partition coefficient (Wildman–Crippen LogP) is 2.45. The van der Waals surface area contributed by atoms with Crippen molar-refractivity contribution >= 4 is 21.6 Å². The number of aryl methyl sites for hydroxylation is 1. The average Bonchev–Trinajstić information content (AvgIpc) is 2.48. The van der Waals surface area contributed by atoms with E-state index < -0.39 is 27.5 Å². The Morgan fingerprint density at radius 2 is 1.48 bits per heavy atom. The summed E-state index contributed by atoms with van der Waals surface area (Å²) in [5, 5.41) is 9.39. The maximum Gasteiger partial charge on any atom is 0.318 e. The van der Waals surface area contributed by atoms with E-state index in [1.165, 1.54) is 24.3 Å². The molecular weight excluding hydrogens is 316 g/mol. The minimum absolute atomic E-state index is 0.0799. The molecule has 2 aromatic rings. The molecule has 0 saturated heterocycles. The second kappa shape index (κ2) is 6.34. The van der Waals surface area contributed by atoms with Crippen LogP contribution in [0, 0.1) is 6.92 Å². The first-order valence-electron chi connectivity index (χ1n) is 6.84. The number of rotatable bonds is 5. The molecule has 0 radical (unpaired) electrons. The molecule has 0 amide bonds. The number of sulfone groups is 1. The lowest BCUT2D eigenvalue weighted by atomic mass is 9.90. The van der Waals surface area contributed by atoms with Crippen LogP contribution in [0.5, 0.6) is 0 Å². The van der Waals surface area contributed by atoms with Crippen molar-refractivity contribution in [1.82, 2.24) is 0 Å². The number of ketones is 1. The third-order valence-corrected chi connectivity index (χ3v) is 4.62. The Kier molecular flexibility index (Phi) is 4.65. The minimum atomic E-state index is -3.37. The lowest BCUT2D eigenvalue weighted by molar-refractivity contribution is -0.137. The molecule has 0 fully saturated rings. The van der Waals surface area contributed by atoms with Gasteiger partial charge in [0.05, 0.1) is 4.90 Å². The van der Waals surface area contributed by atoms with E-state index in [1.807, 2.05) is 6.92 Å². The van der Waals surface area contributed by atoms with Gasteiger partial charge in [0.25, 0.3) is 0 Å². The summed E-state index contributed by atoms with van der Waals surface area (Å²) in [7, 11) is -3.37. The number of hydrogen-bond donors (Lipinski definition) is 1. The van der Waals surface area contributed by atoms with Crippen molar-refractivity contribution in [1.29, 1.82) is 0 Å². The zero-order valence-electron chi connectivity index (χ0n) is 12.7. The standard InChI is InChI=1S/C17H16O5S/c1-11-3-5-12(6-4-11)15(17(19)20)16(18)13-7-9-14(10-8-13)23(2,21)22/h3-10,15H,1-2H3,(H,19,20). The molecule has 2 rings (SSSR count). The fourth-order valence-corrected chi connectivity index (χ4v) is 2.83. The number of carbonyl (C=O) groups is 2. The van der Waals surface area contributed by atoms with E-state index in [2.05, 4.69) is 0 Å². The Morgan fingerprint density at radius 3 is 1.91 bits per heavy atom. The summed E-state index contributed by atoms with van der Waals surface area (Å²) in [6.07, 6.45) is 1.07. The van der Waals surface area contributed by atoms with Gasteiger partial charge in [-0.15, -0.1) is 0 Å². The first-order chi connectivity index (χ1) is 10.7. The van der Waals surface area contributed by atoms with Crippen LogP contribution >= 0.6 is 0 Å². The quantitative estimate of drug-likeness (QED) is 0.671. The van der Waals surface area contributed by atoms with E-state index in [1.54, 1.807) is 24.3 Å². The summed E-state index contributed by atoms with van der Waals surface area (Å²) < 4.78 is 22.9. The average molecular weight is 332 g/mol. The molecule has 23 heavy (non-hydrogen) atoms. The van der Waals surface area contributed by atoms with Crippen molar-refractivity contribution in [3.8, 4) is 0 Å². The first kappa shape index (κ1) is 16.9. The first-order valence-corrected chi connectivity index (χ1v) is 8.73. The smallest absolute Gasteiger partial charge is 0.318 e. The van der Waals surface area contributed by atoms with Gasteiger partial charge in [-0.25, -0.2) is 8.42 Å². The minimum Gasteiger partial charge on any atom is -0.480 e. The van der Waals surface area contributed by atoms with Crippen LogP contribution < -0.4 is 0 Å². The van der Waals surface area contributed by atoms with Crippen molar-refractivity contribution < 1.29 is 23.1 Å². The van der Waals surface area contributed by atoms with Crippen LogP contribution in [0.4, 0.5) is 0 Å². The molecule has 0 saturated carbocycles. The van der Waals surface area contributed by atoms with E-state index in [9.17, 15) is 23.1 Å². The molecule has 0 aromatic heterocycles. The fourth-order valence-electron chi connectivity index (χ4n) is 2.20. The maximum atomic E-state index is 12.5. The van der Waals surface area contributed by atoms with Crippen LogP contribution in [-0.2, 0) is 14.6 Å². The van der Waals surface area contributed by atoms with Crippen molar-refractivity contribution in [3.05, 3.63) is 65.2 Å². The SMILES string of the molecule is Cc1ccc(C(C(=O)O)C(=O)c2ccc(S(C)(=O)=O)cc2)cc1. The molecule has 0 aliphatic carbocycles. The molecule has 1 atom stereocenters. The number of hydrogen-bond acceptors (Lipinski definition) is 4. The van der Waals surface area contributed by atoms with Gasteiger partial charge in [-0.1, -0.05) is 42.0 Å². The van der Waals surface area contributed by atoms with E-state index in [0.717, 1.165) is 11.8 Å². The van der Waals surface area contributed by atoms with Crippen LogP contribution in [0.2, 0.25) is 0 Å². The van der Waals surface area contributed by atoms with Gasteiger partial charge in [-0.2, -0.15) is 0 Å². The Bertz CT molecular complexity index is 834. The topological polar surface area (TPSA) is 88.5 Å². The largest absolute Gasteiger partial charge is 0.480 e. The van der Waals surface area contributed by atoms with Crippen LogP contribution in [0.3, 0.4) is 0 Å². The van der Waals surface area contributed by atoms with E-state index in [0.29, 0.717) is 5.56 Å². The highest BCUT2D eigenvalue weighted by atomic mass is 32.2. The summed E-state index contributed by atoms with van der Waals surface area (Å²) >= 11 is 0. The summed E-state index contributed by atoms with van der Waals surface area (Å²) in [6, 6.07) is 12.0. The molecule has 2 aromatic carbocycles. The van der Waals surface area contributed by atoms with Gasteiger partial charge in [0, 0.05) is 11.8 Å². The molecular formula is C17H16O5S.